The van der Waals surface area contributed by atoms with Crippen molar-refractivity contribution in [1.82, 2.24) is 10.3 Å². The molecular weight excluding hydrogens is 330 g/mol. The van der Waals surface area contributed by atoms with E-state index < -0.39 is 12.0 Å². The number of esters is 1. The second-order valence-corrected chi connectivity index (χ2v) is 6.99. The third-order valence-corrected chi connectivity index (χ3v) is 3.84. The molecular formula is C16H25N3O4S. The Hall–Kier alpha value is -1.96. The van der Waals surface area contributed by atoms with Crippen LogP contribution >= 0.6 is 11.3 Å². The summed E-state index contributed by atoms with van der Waals surface area (Å²) in [6.45, 7) is 9.56. The summed E-state index contributed by atoms with van der Waals surface area (Å²) in [6.07, 6.45) is 0.362. The van der Waals surface area contributed by atoms with Crippen molar-refractivity contribution in [2.45, 2.75) is 47.1 Å². The zero-order valence-electron chi connectivity index (χ0n) is 14.7. The largest absolute Gasteiger partial charge is 0.461 e. The van der Waals surface area contributed by atoms with E-state index in [0.717, 1.165) is 11.3 Å². The van der Waals surface area contributed by atoms with Crippen LogP contribution in [-0.4, -0.2) is 35.4 Å². The summed E-state index contributed by atoms with van der Waals surface area (Å²) in [7, 11) is 0. The normalized spacial score (nSPS) is 12.1. The van der Waals surface area contributed by atoms with Gasteiger partial charge in [0.2, 0.25) is 11.8 Å². The molecule has 1 unspecified atom stereocenters. The predicted octanol–water partition coefficient (Wildman–Crippen LogP) is 2.45. The molecule has 1 aromatic heterocycles. The van der Waals surface area contributed by atoms with E-state index in [9.17, 15) is 14.4 Å². The highest BCUT2D eigenvalue weighted by Gasteiger charge is 2.25. The van der Waals surface area contributed by atoms with Crippen LogP contribution in [0.25, 0.3) is 0 Å². The van der Waals surface area contributed by atoms with E-state index in [-0.39, 0.29) is 36.0 Å². The van der Waals surface area contributed by atoms with E-state index >= 15 is 0 Å². The fraction of sp³-hybridized carbons (Fsp3) is 0.625. The first-order valence-corrected chi connectivity index (χ1v) is 8.85. The molecule has 1 atom stereocenters. The van der Waals surface area contributed by atoms with E-state index in [4.69, 9.17) is 4.74 Å². The number of thiazole rings is 1. The van der Waals surface area contributed by atoms with Crippen LogP contribution < -0.4 is 10.6 Å². The molecule has 0 saturated carbocycles. The number of hydrogen-bond donors (Lipinski definition) is 2. The lowest BCUT2D eigenvalue weighted by Gasteiger charge is -2.21. The molecule has 0 fully saturated rings. The van der Waals surface area contributed by atoms with Crippen LogP contribution in [0.5, 0.6) is 0 Å². The van der Waals surface area contributed by atoms with Gasteiger partial charge in [-0.15, -0.1) is 11.3 Å². The Morgan fingerprint density at radius 1 is 1.25 bits per heavy atom. The molecule has 0 aliphatic heterocycles. The number of aromatic nitrogens is 1. The number of rotatable bonds is 8. The summed E-state index contributed by atoms with van der Waals surface area (Å²) >= 11 is 1.13. The van der Waals surface area contributed by atoms with Gasteiger partial charge in [-0.25, -0.2) is 9.78 Å². The van der Waals surface area contributed by atoms with Gasteiger partial charge in [-0.05, 0) is 18.8 Å². The molecule has 2 amide bonds. The molecule has 0 spiro atoms. The lowest BCUT2D eigenvalue weighted by Crippen LogP contribution is -2.47. The van der Waals surface area contributed by atoms with Crippen LogP contribution in [-0.2, 0) is 14.3 Å². The third-order valence-electron chi connectivity index (χ3n) is 3.08. The second kappa shape index (κ2) is 9.36. The van der Waals surface area contributed by atoms with Gasteiger partial charge in [0.15, 0.2) is 10.8 Å². The van der Waals surface area contributed by atoms with Gasteiger partial charge in [-0.3, -0.25) is 9.59 Å². The van der Waals surface area contributed by atoms with Crippen molar-refractivity contribution in [3.8, 4) is 0 Å². The van der Waals surface area contributed by atoms with Crippen LogP contribution in [0.15, 0.2) is 5.38 Å². The molecule has 0 aliphatic carbocycles. The Morgan fingerprint density at radius 2 is 1.92 bits per heavy atom. The van der Waals surface area contributed by atoms with Crippen LogP contribution in [0.2, 0.25) is 0 Å². The van der Waals surface area contributed by atoms with Crippen LogP contribution in [0.1, 0.15) is 51.5 Å². The molecule has 0 radical (unpaired) electrons. The average Bonchev–Trinajstić information content (AvgIpc) is 2.92. The fourth-order valence-corrected chi connectivity index (χ4v) is 2.63. The lowest BCUT2D eigenvalue weighted by atomic mass is 10.0. The summed E-state index contributed by atoms with van der Waals surface area (Å²) in [5.41, 5.74) is 0.155. The van der Waals surface area contributed by atoms with Crippen molar-refractivity contribution >= 4 is 34.3 Å². The van der Waals surface area contributed by atoms with E-state index in [2.05, 4.69) is 15.6 Å². The number of ether oxygens (including phenoxy) is 1. The fourth-order valence-electron chi connectivity index (χ4n) is 1.95. The van der Waals surface area contributed by atoms with Gasteiger partial charge >= 0.3 is 5.97 Å². The number of hydrogen-bond acceptors (Lipinski definition) is 6. The van der Waals surface area contributed by atoms with Crippen LogP contribution in [0, 0.1) is 11.8 Å². The quantitative estimate of drug-likeness (QED) is 0.698. The number of anilines is 1. The summed E-state index contributed by atoms with van der Waals surface area (Å²) in [4.78, 5) is 40.0. The van der Waals surface area contributed by atoms with E-state index in [1.807, 2.05) is 27.7 Å². The summed E-state index contributed by atoms with van der Waals surface area (Å²) in [6, 6.07) is -0.661. The molecule has 0 aromatic carbocycles. The Kier molecular flexibility index (Phi) is 7.84. The van der Waals surface area contributed by atoms with Gasteiger partial charge in [0.1, 0.15) is 6.04 Å². The van der Waals surface area contributed by atoms with Crippen LogP contribution in [0.3, 0.4) is 0 Å². The molecule has 134 valence electrons. The van der Waals surface area contributed by atoms with Gasteiger partial charge in [-0.1, -0.05) is 27.7 Å². The maximum atomic E-state index is 12.4. The molecule has 0 saturated heterocycles. The first-order valence-electron chi connectivity index (χ1n) is 7.97. The standard InChI is InChI=1S/C16H25N3O4S/c1-6-23-15(22)11-8-24-16(17-11)19-14(21)13(10(4)5)18-12(20)7-9(2)3/h8-10,13H,6-7H2,1-5H3,(H,18,20)(H,17,19,21). The minimum atomic E-state index is -0.661. The third kappa shape index (κ3) is 6.27. The Bertz CT molecular complexity index is 584. The Balaban J connectivity index is 2.72. The first-order chi connectivity index (χ1) is 11.2. The second-order valence-electron chi connectivity index (χ2n) is 6.13. The van der Waals surface area contributed by atoms with Crippen molar-refractivity contribution in [2.75, 3.05) is 11.9 Å². The van der Waals surface area contributed by atoms with Crippen molar-refractivity contribution in [2.24, 2.45) is 11.8 Å². The topological polar surface area (TPSA) is 97.4 Å². The molecule has 0 aliphatic rings. The zero-order valence-corrected chi connectivity index (χ0v) is 15.5. The monoisotopic (exact) mass is 355 g/mol. The number of amides is 2. The number of carbonyl (C=O) groups is 3. The molecule has 0 bridgehead atoms. The minimum Gasteiger partial charge on any atom is -0.461 e. The predicted molar refractivity (Wildman–Crippen MR) is 92.9 cm³/mol. The number of nitrogens with zero attached hydrogens (tertiary/aromatic N) is 1. The number of nitrogens with one attached hydrogen (secondary N) is 2. The van der Waals surface area contributed by atoms with Crippen LogP contribution in [0.4, 0.5) is 5.13 Å². The van der Waals surface area contributed by atoms with Gasteiger partial charge in [0.05, 0.1) is 6.61 Å². The van der Waals surface area contributed by atoms with Gasteiger partial charge < -0.3 is 15.4 Å². The van der Waals surface area contributed by atoms with E-state index in [1.165, 1.54) is 5.38 Å². The highest BCUT2D eigenvalue weighted by atomic mass is 32.1. The van der Waals surface area contributed by atoms with E-state index in [0.29, 0.717) is 11.6 Å². The van der Waals surface area contributed by atoms with E-state index in [1.54, 1.807) is 6.92 Å². The number of carbonyl (C=O) groups excluding carboxylic acids is 3. The Labute approximate surface area is 146 Å². The smallest absolute Gasteiger partial charge is 0.357 e. The zero-order chi connectivity index (χ0) is 18.3. The van der Waals surface area contributed by atoms with Gasteiger partial charge in [0.25, 0.3) is 0 Å². The van der Waals surface area contributed by atoms with Crippen molar-refractivity contribution in [3.05, 3.63) is 11.1 Å². The average molecular weight is 355 g/mol. The highest BCUT2D eigenvalue weighted by molar-refractivity contribution is 7.14. The molecule has 8 heteroatoms. The summed E-state index contributed by atoms with van der Waals surface area (Å²) in [5.74, 6) is -0.908. The lowest BCUT2D eigenvalue weighted by molar-refractivity contribution is -0.127. The molecule has 24 heavy (non-hydrogen) atoms. The highest BCUT2D eigenvalue weighted by Crippen LogP contribution is 2.17. The maximum Gasteiger partial charge on any atom is 0.357 e. The molecule has 1 heterocycles. The SMILES string of the molecule is CCOC(=O)c1csc(NC(=O)C(NC(=O)CC(C)C)C(C)C)n1. The minimum absolute atomic E-state index is 0.0781. The van der Waals surface area contributed by atoms with Gasteiger partial charge in [-0.2, -0.15) is 0 Å². The van der Waals surface area contributed by atoms with Crippen molar-refractivity contribution < 1.29 is 19.1 Å². The molecule has 2 N–H and O–H groups in total. The Morgan fingerprint density at radius 3 is 2.46 bits per heavy atom. The van der Waals surface area contributed by atoms with Crippen molar-refractivity contribution in [3.63, 3.8) is 0 Å². The molecule has 1 aromatic rings. The maximum absolute atomic E-state index is 12.4. The van der Waals surface area contributed by atoms with Gasteiger partial charge in [0, 0.05) is 11.8 Å². The first kappa shape index (κ1) is 20.1. The molecule has 7 nitrogen and oxygen atoms in total. The molecule has 1 rings (SSSR count). The summed E-state index contributed by atoms with van der Waals surface area (Å²) in [5, 5.41) is 7.22. The summed E-state index contributed by atoms with van der Waals surface area (Å²) < 4.78 is 4.86. The van der Waals surface area contributed by atoms with Crippen molar-refractivity contribution in [1.29, 1.82) is 0 Å².